The van der Waals surface area contributed by atoms with Crippen LogP contribution in [0, 0.1) is 22.7 Å². The Labute approximate surface area is 164 Å². The number of benzene rings is 1. The molecule has 0 saturated carbocycles. The minimum absolute atomic E-state index is 0.197. The summed E-state index contributed by atoms with van der Waals surface area (Å²) in [5, 5.41) is 20.4. The van der Waals surface area contributed by atoms with Gasteiger partial charge in [-0.1, -0.05) is 25.4 Å². The van der Waals surface area contributed by atoms with E-state index in [2.05, 4.69) is 15.4 Å². The molecule has 1 heterocycles. The summed E-state index contributed by atoms with van der Waals surface area (Å²) in [6, 6.07) is 7.09. The van der Waals surface area contributed by atoms with Crippen LogP contribution in [0.2, 0.25) is 5.02 Å². The van der Waals surface area contributed by atoms with Crippen molar-refractivity contribution in [1.82, 2.24) is 4.90 Å². The minimum Gasteiger partial charge on any atom is -0.382 e. The van der Waals surface area contributed by atoms with Crippen molar-refractivity contribution in [2.75, 3.05) is 36.5 Å². The topological polar surface area (TPSA) is 122 Å². The van der Waals surface area contributed by atoms with Crippen LogP contribution in [-0.2, 0) is 4.79 Å². The predicted molar refractivity (Wildman–Crippen MR) is 108 cm³/mol. The molecule has 1 aromatic rings. The van der Waals surface area contributed by atoms with Crippen molar-refractivity contribution in [1.29, 1.82) is 10.7 Å². The van der Waals surface area contributed by atoms with Gasteiger partial charge >= 0.3 is 0 Å². The largest absolute Gasteiger partial charge is 0.382 e. The summed E-state index contributed by atoms with van der Waals surface area (Å²) in [7, 11) is 0. The number of carbonyl (C=O) groups excluding carboxylic acids is 1. The second kappa shape index (κ2) is 9.24. The molecule has 1 aromatic carbocycles. The Bertz CT molecular complexity index is 776. The third-order valence-corrected chi connectivity index (χ3v) is 4.46. The van der Waals surface area contributed by atoms with Gasteiger partial charge in [-0.2, -0.15) is 10.4 Å². The number of nitriles is 1. The van der Waals surface area contributed by atoms with Crippen molar-refractivity contribution in [2.45, 2.75) is 20.3 Å². The van der Waals surface area contributed by atoms with Gasteiger partial charge in [0, 0.05) is 32.6 Å². The first-order chi connectivity index (χ1) is 12.8. The smallest absolute Gasteiger partial charge is 0.222 e. The standard InChI is InChI=1S/C18H24ClN7O/c1-12(2)9-17(27)26-7-5-25(6-8-26)16-4-3-13(10-14(16)19)23-24-15(11-20)18(21)22/h3-4,10,12,23H,5-9H2,1-2H3,(H3,21,22)/b24-15+. The Morgan fingerprint density at radius 2 is 2.07 bits per heavy atom. The quantitative estimate of drug-likeness (QED) is 0.391. The van der Waals surface area contributed by atoms with E-state index in [1.165, 1.54) is 0 Å². The Hall–Kier alpha value is -2.79. The molecule has 1 amide bonds. The Morgan fingerprint density at radius 1 is 1.41 bits per heavy atom. The summed E-state index contributed by atoms with van der Waals surface area (Å²) in [6.07, 6.45) is 0.576. The lowest BCUT2D eigenvalue weighted by molar-refractivity contribution is -0.132. The molecule has 8 nitrogen and oxygen atoms in total. The summed E-state index contributed by atoms with van der Waals surface area (Å²) in [4.78, 5) is 16.2. The second-order valence-electron chi connectivity index (χ2n) is 6.73. The van der Waals surface area contributed by atoms with Crippen LogP contribution >= 0.6 is 11.6 Å². The van der Waals surface area contributed by atoms with Gasteiger partial charge in [-0.3, -0.25) is 15.6 Å². The molecule has 0 spiro atoms. The van der Waals surface area contributed by atoms with E-state index in [1.807, 2.05) is 24.8 Å². The maximum absolute atomic E-state index is 12.2. The molecule has 9 heteroatoms. The predicted octanol–water partition coefficient (Wildman–Crippen LogP) is 2.26. The fourth-order valence-corrected chi connectivity index (χ4v) is 3.07. The van der Waals surface area contributed by atoms with E-state index in [4.69, 9.17) is 28.0 Å². The van der Waals surface area contributed by atoms with E-state index < -0.39 is 5.84 Å². The van der Waals surface area contributed by atoms with Crippen LogP contribution in [-0.4, -0.2) is 48.5 Å². The molecular weight excluding hydrogens is 366 g/mol. The number of amides is 1. The maximum atomic E-state index is 12.2. The van der Waals surface area contributed by atoms with Crippen LogP contribution in [0.1, 0.15) is 20.3 Å². The van der Waals surface area contributed by atoms with Crippen molar-refractivity contribution >= 4 is 40.4 Å². The lowest BCUT2D eigenvalue weighted by Gasteiger charge is -2.36. The first-order valence-corrected chi connectivity index (χ1v) is 9.10. The van der Waals surface area contributed by atoms with Gasteiger partial charge in [-0.05, 0) is 24.1 Å². The van der Waals surface area contributed by atoms with Gasteiger partial charge < -0.3 is 15.5 Å². The summed E-state index contributed by atoms with van der Waals surface area (Å²) in [6.45, 7) is 6.88. The fraction of sp³-hybridized carbons (Fsp3) is 0.444. The van der Waals surface area contributed by atoms with Crippen LogP contribution < -0.4 is 16.1 Å². The van der Waals surface area contributed by atoms with Gasteiger partial charge in [0.2, 0.25) is 11.6 Å². The van der Waals surface area contributed by atoms with E-state index in [-0.39, 0.29) is 11.6 Å². The van der Waals surface area contributed by atoms with Crippen molar-refractivity contribution in [3.8, 4) is 6.07 Å². The van der Waals surface area contributed by atoms with Gasteiger partial charge in [0.05, 0.1) is 16.4 Å². The van der Waals surface area contributed by atoms with Gasteiger partial charge in [-0.25, -0.2) is 0 Å². The van der Waals surface area contributed by atoms with E-state index in [1.54, 1.807) is 18.2 Å². The molecule has 27 heavy (non-hydrogen) atoms. The van der Waals surface area contributed by atoms with Crippen LogP contribution in [0.15, 0.2) is 23.3 Å². The average molecular weight is 390 g/mol. The number of hydrogen-bond acceptors (Lipinski definition) is 6. The van der Waals surface area contributed by atoms with Gasteiger partial charge in [0.25, 0.3) is 0 Å². The van der Waals surface area contributed by atoms with E-state index in [0.29, 0.717) is 36.1 Å². The molecule has 0 atom stereocenters. The summed E-state index contributed by atoms with van der Waals surface area (Å²) in [5.74, 6) is 0.154. The van der Waals surface area contributed by atoms with E-state index in [0.717, 1.165) is 18.8 Å². The lowest BCUT2D eigenvalue weighted by atomic mass is 10.1. The van der Waals surface area contributed by atoms with Crippen LogP contribution in [0.3, 0.4) is 0 Å². The molecule has 0 bridgehead atoms. The number of amidine groups is 1. The summed E-state index contributed by atoms with van der Waals surface area (Å²) >= 11 is 6.40. The van der Waals surface area contributed by atoms with Crippen molar-refractivity contribution in [3.05, 3.63) is 23.2 Å². The number of hydrogen-bond donors (Lipinski definition) is 3. The Morgan fingerprint density at radius 3 is 2.59 bits per heavy atom. The summed E-state index contributed by atoms with van der Waals surface area (Å²) < 4.78 is 0. The number of nitrogens with two attached hydrogens (primary N) is 1. The van der Waals surface area contributed by atoms with E-state index >= 15 is 0 Å². The molecule has 4 N–H and O–H groups in total. The first kappa shape index (κ1) is 20.5. The van der Waals surface area contributed by atoms with Crippen molar-refractivity contribution in [3.63, 3.8) is 0 Å². The minimum atomic E-state index is -0.405. The highest BCUT2D eigenvalue weighted by Gasteiger charge is 2.22. The number of nitrogens with zero attached hydrogens (tertiary/aromatic N) is 4. The number of piperazine rings is 1. The molecule has 144 valence electrons. The zero-order valence-corrected chi connectivity index (χ0v) is 16.3. The maximum Gasteiger partial charge on any atom is 0.222 e. The average Bonchev–Trinajstić information content (AvgIpc) is 2.61. The number of halogens is 1. The highest BCUT2D eigenvalue weighted by molar-refractivity contribution is 6.45. The number of nitrogens with one attached hydrogen (secondary N) is 2. The number of rotatable bonds is 6. The third-order valence-electron chi connectivity index (χ3n) is 4.16. The number of anilines is 2. The summed E-state index contributed by atoms with van der Waals surface area (Å²) in [5.41, 5.74) is 9.20. The van der Waals surface area contributed by atoms with Crippen molar-refractivity contribution < 1.29 is 4.79 Å². The molecular formula is C18H24ClN7O. The van der Waals surface area contributed by atoms with E-state index in [9.17, 15) is 4.79 Å². The zero-order valence-electron chi connectivity index (χ0n) is 15.5. The highest BCUT2D eigenvalue weighted by atomic mass is 35.5. The second-order valence-corrected chi connectivity index (χ2v) is 7.14. The third kappa shape index (κ3) is 5.59. The van der Waals surface area contributed by atoms with Crippen LogP contribution in [0.25, 0.3) is 0 Å². The molecule has 1 aliphatic heterocycles. The monoisotopic (exact) mass is 389 g/mol. The molecule has 0 radical (unpaired) electrons. The Kier molecular flexibility index (Phi) is 7.02. The molecule has 1 fully saturated rings. The highest BCUT2D eigenvalue weighted by Crippen LogP contribution is 2.29. The van der Waals surface area contributed by atoms with Crippen LogP contribution in [0.5, 0.6) is 0 Å². The lowest BCUT2D eigenvalue weighted by Crippen LogP contribution is -2.49. The molecule has 2 rings (SSSR count). The Balaban J connectivity index is 2.00. The molecule has 0 aliphatic carbocycles. The normalized spacial score (nSPS) is 14.9. The van der Waals surface area contributed by atoms with Crippen LogP contribution in [0.4, 0.5) is 11.4 Å². The van der Waals surface area contributed by atoms with Gasteiger partial charge in [0.15, 0.2) is 5.84 Å². The molecule has 1 aliphatic rings. The fourth-order valence-electron chi connectivity index (χ4n) is 2.77. The molecule has 1 saturated heterocycles. The molecule has 0 aromatic heterocycles. The van der Waals surface area contributed by atoms with Gasteiger partial charge in [-0.15, -0.1) is 0 Å². The molecule has 0 unspecified atom stereocenters. The van der Waals surface area contributed by atoms with Crippen molar-refractivity contribution in [2.24, 2.45) is 16.8 Å². The first-order valence-electron chi connectivity index (χ1n) is 8.72. The number of hydrazone groups is 1. The van der Waals surface area contributed by atoms with Gasteiger partial charge in [0.1, 0.15) is 6.07 Å². The zero-order chi connectivity index (χ0) is 20.0. The SMILES string of the molecule is CC(C)CC(=O)N1CCN(c2ccc(N/N=C(\C#N)C(=N)N)cc2Cl)CC1. The number of carbonyl (C=O) groups is 1.